The van der Waals surface area contributed by atoms with Crippen LogP contribution in [0.1, 0.15) is 54.7 Å². The van der Waals surface area contributed by atoms with Gasteiger partial charge in [0.25, 0.3) is 0 Å². The average molecular weight is 292 g/mol. The standard InChI is InChI=1S/C16H24N2O3/c1-3-16(4-2,10-19)9-17-14-12(15(20)21)8-11-6-5-7-13(11)18-14/h8,19H,3-7,9-10H2,1-2H3,(H,17,18)(H,20,21). The van der Waals surface area contributed by atoms with Gasteiger partial charge in [-0.3, -0.25) is 0 Å². The minimum atomic E-state index is -0.956. The van der Waals surface area contributed by atoms with Gasteiger partial charge in [-0.05, 0) is 43.7 Å². The second-order valence-corrected chi connectivity index (χ2v) is 5.87. The quantitative estimate of drug-likeness (QED) is 0.719. The van der Waals surface area contributed by atoms with E-state index in [1.165, 1.54) is 0 Å². The van der Waals surface area contributed by atoms with Crippen molar-refractivity contribution in [3.63, 3.8) is 0 Å². The van der Waals surface area contributed by atoms with Gasteiger partial charge in [0.2, 0.25) is 0 Å². The fourth-order valence-electron chi connectivity index (χ4n) is 2.82. The third kappa shape index (κ3) is 3.18. The molecule has 1 aromatic rings. The number of hydrogen-bond acceptors (Lipinski definition) is 4. The molecule has 1 aliphatic rings. The van der Waals surface area contributed by atoms with E-state index in [0.717, 1.165) is 43.4 Å². The number of aromatic carboxylic acids is 1. The Bertz CT molecular complexity index is 516. The van der Waals surface area contributed by atoms with Gasteiger partial charge in [-0.15, -0.1) is 0 Å². The summed E-state index contributed by atoms with van der Waals surface area (Å²) in [6, 6.07) is 1.75. The van der Waals surface area contributed by atoms with Crippen LogP contribution < -0.4 is 5.32 Å². The molecule has 0 saturated carbocycles. The first-order chi connectivity index (χ1) is 10.0. The van der Waals surface area contributed by atoms with E-state index in [0.29, 0.717) is 12.4 Å². The lowest BCUT2D eigenvalue weighted by Gasteiger charge is -2.30. The number of rotatable bonds is 7. The number of aliphatic hydroxyl groups is 1. The number of carbonyl (C=O) groups is 1. The van der Waals surface area contributed by atoms with E-state index >= 15 is 0 Å². The van der Waals surface area contributed by atoms with Gasteiger partial charge in [-0.25, -0.2) is 9.78 Å². The molecule has 0 aromatic carbocycles. The van der Waals surface area contributed by atoms with Gasteiger partial charge in [0.1, 0.15) is 11.4 Å². The average Bonchev–Trinajstić information content (AvgIpc) is 2.95. The van der Waals surface area contributed by atoms with Gasteiger partial charge in [0.05, 0.1) is 6.61 Å². The summed E-state index contributed by atoms with van der Waals surface area (Å²) >= 11 is 0. The molecule has 2 rings (SSSR count). The lowest BCUT2D eigenvalue weighted by Crippen LogP contribution is -2.33. The van der Waals surface area contributed by atoms with Gasteiger partial charge >= 0.3 is 5.97 Å². The third-order valence-corrected chi connectivity index (χ3v) is 4.75. The van der Waals surface area contributed by atoms with Crippen LogP contribution in [0.3, 0.4) is 0 Å². The monoisotopic (exact) mass is 292 g/mol. The molecule has 0 spiro atoms. The summed E-state index contributed by atoms with van der Waals surface area (Å²) in [4.78, 5) is 15.9. The molecule has 1 aromatic heterocycles. The molecule has 5 heteroatoms. The normalized spacial score (nSPS) is 14.0. The van der Waals surface area contributed by atoms with Crippen molar-refractivity contribution in [2.45, 2.75) is 46.0 Å². The number of hydrogen-bond donors (Lipinski definition) is 3. The largest absolute Gasteiger partial charge is 0.478 e. The van der Waals surface area contributed by atoms with Crippen molar-refractivity contribution in [1.82, 2.24) is 4.98 Å². The Morgan fingerprint density at radius 1 is 1.38 bits per heavy atom. The third-order valence-electron chi connectivity index (χ3n) is 4.75. The lowest BCUT2D eigenvalue weighted by atomic mass is 9.83. The van der Waals surface area contributed by atoms with Crippen LogP contribution >= 0.6 is 0 Å². The van der Waals surface area contributed by atoms with Gasteiger partial charge in [-0.1, -0.05) is 13.8 Å². The molecule has 5 nitrogen and oxygen atoms in total. The van der Waals surface area contributed by atoms with E-state index in [9.17, 15) is 15.0 Å². The molecule has 1 heterocycles. The van der Waals surface area contributed by atoms with Crippen LogP contribution in [-0.4, -0.2) is 34.3 Å². The number of aliphatic hydroxyl groups excluding tert-OH is 1. The molecular formula is C16H24N2O3. The molecule has 0 radical (unpaired) electrons. The maximum absolute atomic E-state index is 11.4. The molecule has 0 aliphatic heterocycles. The minimum Gasteiger partial charge on any atom is -0.478 e. The first kappa shape index (κ1) is 15.8. The Labute approximate surface area is 125 Å². The first-order valence-electron chi connectivity index (χ1n) is 7.66. The highest BCUT2D eigenvalue weighted by molar-refractivity contribution is 5.93. The lowest BCUT2D eigenvalue weighted by molar-refractivity contribution is 0.0697. The summed E-state index contributed by atoms with van der Waals surface area (Å²) in [6.07, 6.45) is 4.53. The smallest absolute Gasteiger partial charge is 0.339 e. The molecule has 0 amide bonds. The van der Waals surface area contributed by atoms with Crippen LogP contribution in [-0.2, 0) is 12.8 Å². The Morgan fingerprint density at radius 2 is 2.10 bits per heavy atom. The van der Waals surface area contributed by atoms with Gasteiger partial charge in [-0.2, -0.15) is 0 Å². The number of nitrogens with zero attached hydrogens (tertiary/aromatic N) is 1. The zero-order valence-corrected chi connectivity index (χ0v) is 12.8. The molecule has 0 bridgehead atoms. The van der Waals surface area contributed by atoms with Crippen molar-refractivity contribution < 1.29 is 15.0 Å². The van der Waals surface area contributed by atoms with Crippen LogP contribution in [0.4, 0.5) is 5.82 Å². The van der Waals surface area contributed by atoms with Crippen molar-refractivity contribution in [2.75, 3.05) is 18.5 Å². The summed E-state index contributed by atoms with van der Waals surface area (Å²) in [6.45, 7) is 4.69. The molecule has 116 valence electrons. The first-order valence-corrected chi connectivity index (χ1v) is 7.66. The molecule has 1 aliphatic carbocycles. The Kier molecular flexibility index (Phi) is 4.83. The highest BCUT2D eigenvalue weighted by atomic mass is 16.4. The highest BCUT2D eigenvalue weighted by Crippen LogP contribution is 2.29. The number of carboxylic acid groups (broad SMARTS) is 1. The molecule has 21 heavy (non-hydrogen) atoms. The second kappa shape index (κ2) is 6.43. The Morgan fingerprint density at radius 3 is 2.67 bits per heavy atom. The topological polar surface area (TPSA) is 82.5 Å². The summed E-state index contributed by atoms with van der Waals surface area (Å²) in [5.74, 6) is -0.523. The van der Waals surface area contributed by atoms with Crippen LogP contribution in [0.5, 0.6) is 0 Å². The second-order valence-electron chi connectivity index (χ2n) is 5.87. The molecule has 0 saturated heterocycles. The molecule has 0 atom stereocenters. The van der Waals surface area contributed by atoms with E-state index < -0.39 is 5.97 Å². The number of fused-ring (bicyclic) bond motifs is 1. The Hall–Kier alpha value is -1.62. The fourth-order valence-corrected chi connectivity index (χ4v) is 2.82. The summed E-state index contributed by atoms with van der Waals surface area (Å²) in [5.41, 5.74) is 2.06. The van der Waals surface area contributed by atoms with Crippen LogP contribution in [0.25, 0.3) is 0 Å². The van der Waals surface area contributed by atoms with Gasteiger partial charge < -0.3 is 15.5 Å². The molecular weight excluding hydrogens is 268 g/mol. The maximum Gasteiger partial charge on any atom is 0.339 e. The SMILES string of the molecule is CCC(CC)(CO)CNc1nc2c(cc1C(=O)O)CCC2. The fraction of sp³-hybridized carbons (Fsp3) is 0.625. The van der Waals surface area contributed by atoms with Crippen LogP contribution in [0.15, 0.2) is 6.07 Å². The molecule has 3 N–H and O–H groups in total. The van der Waals surface area contributed by atoms with Crippen LogP contribution in [0, 0.1) is 5.41 Å². The maximum atomic E-state index is 11.4. The number of nitrogens with one attached hydrogen (secondary N) is 1. The predicted octanol–water partition coefficient (Wildman–Crippen LogP) is 2.48. The van der Waals surface area contributed by atoms with Gasteiger partial charge in [0, 0.05) is 17.7 Å². The highest BCUT2D eigenvalue weighted by Gasteiger charge is 2.27. The summed E-state index contributed by atoms with van der Waals surface area (Å²) in [7, 11) is 0. The van der Waals surface area contributed by atoms with Crippen molar-refractivity contribution in [2.24, 2.45) is 5.41 Å². The number of pyridine rings is 1. The number of carboxylic acids is 1. The van der Waals surface area contributed by atoms with Crippen molar-refractivity contribution in [3.05, 3.63) is 22.9 Å². The van der Waals surface area contributed by atoms with E-state index in [2.05, 4.69) is 10.3 Å². The zero-order chi connectivity index (χ0) is 15.5. The van der Waals surface area contributed by atoms with E-state index in [-0.39, 0.29) is 17.6 Å². The van der Waals surface area contributed by atoms with Crippen LogP contribution in [0.2, 0.25) is 0 Å². The summed E-state index contributed by atoms with van der Waals surface area (Å²) < 4.78 is 0. The minimum absolute atomic E-state index is 0.0837. The number of aromatic nitrogens is 1. The summed E-state index contributed by atoms with van der Waals surface area (Å²) in [5, 5.41) is 22.1. The van der Waals surface area contributed by atoms with Crippen molar-refractivity contribution >= 4 is 11.8 Å². The van der Waals surface area contributed by atoms with Crippen molar-refractivity contribution in [3.8, 4) is 0 Å². The van der Waals surface area contributed by atoms with E-state index in [4.69, 9.17) is 0 Å². The predicted molar refractivity (Wildman–Crippen MR) is 81.8 cm³/mol. The van der Waals surface area contributed by atoms with Gasteiger partial charge in [0.15, 0.2) is 0 Å². The molecule has 0 fully saturated rings. The van der Waals surface area contributed by atoms with E-state index in [1.807, 2.05) is 13.8 Å². The van der Waals surface area contributed by atoms with Crippen molar-refractivity contribution in [1.29, 1.82) is 0 Å². The number of aryl methyl sites for hydroxylation is 2. The Balaban J connectivity index is 2.25. The molecule has 0 unspecified atom stereocenters. The number of anilines is 1. The zero-order valence-electron chi connectivity index (χ0n) is 12.8. The van der Waals surface area contributed by atoms with E-state index in [1.54, 1.807) is 6.07 Å².